The van der Waals surface area contributed by atoms with Crippen molar-refractivity contribution >= 4 is 5.69 Å². The second-order valence-electron chi connectivity index (χ2n) is 4.15. The Morgan fingerprint density at radius 2 is 1.72 bits per heavy atom. The largest absolute Gasteiger partial charge is 0.416 e. The number of rotatable bonds is 1. The van der Waals surface area contributed by atoms with Crippen LogP contribution in [0.3, 0.4) is 0 Å². The van der Waals surface area contributed by atoms with Gasteiger partial charge >= 0.3 is 6.18 Å². The molecule has 0 aromatic heterocycles. The molecule has 2 aromatic rings. The number of nitrogens with two attached hydrogens (primary N) is 1. The van der Waals surface area contributed by atoms with Gasteiger partial charge in [0.1, 0.15) is 0 Å². The van der Waals surface area contributed by atoms with Gasteiger partial charge in [0.25, 0.3) is 0 Å². The van der Waals surface area contributed by atoms with E-state index in [0.717, 1.165) is 23.3 Å². The molecule has 2 aromatic carbocycles. The molecule has 94 valence electrons. The van der Waals surface area contributed by atoms with Gasteiger partial charge < -0.3 is 5.73 Å². The highest BCUT2D eigenvalue weighted by Crippen LogP contribution is 2.33. The SMILES string of the molecule is Cc1cc(N)ccc1-c1cccc(C(F)(F)F)c1. The van der Waals surface area contributed by atoms with Crippen LogP contribution in [0.2, 0.25) is 0 Å². The van der Waals surface area contributed by atoms with Crippen molar-refractivity contribution in [1.29, 1.82) is 0 Å². The first kappa shape index (κ1) is 12.5. The fraction of sp³-hybridized carbons (Fsp3) is 0.143. The monoisotopic (exact) mass is 251 g/mol. The van der Waals surface area contributed by atoms with Crippen LogP contribution in [0.5, 0.6) is 0 Å². The molecular weight excluding hydrogens is 239 g/mol. The Kier molecular flexibility index (Phi) is 3.03. The Hall–Kier alpha value is -1.97. The maximum absolute atomic E-state index is 12.6. The standard InChI is InChI=1S/C14H12F3N/c1-9-7-12(18)5-6-13(9)10-3-2-4-11(8-10)14(15,16)17/h2-8H,18H2,1H3. The minimum atomic E-state index is -4.32. The van der Waals surface area contributed by atoms with Crippen molar-refractivity contribution in [3.8, 4) is 11.1 Å². The highest BCUT2D eigenvalue weighted by Gasteiger charge is 2.30. The van der Waals surface area contributed by atoms with E-state index in [1.807, 2.05) is 6.92 Å². The average molecular weight is 251 g/mol. The van der Waals surface area contributed by atoms with Gasteiger partial charge in [-0.25, -0.2) is 0 Å². The predicted octanol–water partition coefficient (Wildman–Crippen LogP) is 4.26. The molecule has 0 amide bonds. The van der Waals surface area contributed by atoms with Gasteiger partial charge in [-0.1, -0.05) is 18.2 Å². The Balaban J connectivity index is 2.51. The maximum Gasteiger partial charge on any atom is 0.416 e. The summed E-state index contributed by atoms with van der Waals surface area (Å²) in [5.74, 6) is 0. The van der Waals surface area contributed by atoms with Crippen LogP contribution in [0.4, 0.5) is 18.9 Å². The molecule has 0 aliphatic carbocycles. The van der Waals surface area contributed by atoms with E-state index in [0.29, 0.717) is 11.3 Å². The normalized spacial score (nSPS) is 11.6. The Morgan fingerprint density at radius 3 is 2.33 bits per heavy atom. The molecule has 0 saturated heterocycles. The number of anilines is 1. The Bertz CT molecular complexity index is 573. The first-order valence-corrected chi connectivity index (χ1v) is 5.42. The van der Waals surface area contributed by atoms with Gasteiger partial charge in [-0.3, -0.25) is 0 Å². The molecule has 2 N–H and O–H groups in total. The van der Waals surface area contributed by atoms with Crippen LogP contribution >= 0.6 is 0 Å². The van der Waals surface area contributed by atoms with Crippen LogP contribution in [-0.2, 0) is 6.18 Å². The second kappa shape index (κ2) is 4.37. The maximum atomic E-state index is 12.6. The molecule has 0 aliphatic rings. The van der Waals surface area contributed by atoms with Crippen LogP contribution in [-0.4, -0.2) is 0 Å². The molecule has 18 heavy (non-hydrogen) atoms. The molecular formula is C14H12F3N. The zero-order chi connectivity index (χ0) is 13.3. The van der Waals surface area contributed by atoms with Crippen molar-refractivity contribution in [2.75, 3.05) is 5.73 Å². The smallest absolute Gasteiger partial charge is 0.399 e. The molecule has 1 nitrogen and oxygen atoms in total. The summed E-state index contributed by atoms with van der Waals surface area (Å²) >= 11 is 0. The van der Waals surface area contributed by atoms with Gasteiger partial charge in [0.15, 0.2) is 0 Å². The fourth-order valence-corrected chi connectivity index (χ4v) is 1.87. The first-order valence-electron chi connectivity index (χ1n) is 5.42. The van der Waals surface area contributed by atoms with Crippen molar-refractivity contribution in [3.63, 3.8) is 0 Å². The summed E-state index contributed by atoms with van der Waals surface area (Å²) in [7, 11) is 0. The summed E-state index contributed by atoms with van der Waals surface area (Å²) in [4.78, 5) is 0. The molecule has 0 atom stereocenters. The van der Waals surface area contributed by atoms with E-state index >= 15 is 0 Å². The van der Waals surface area contributed by atoms with Crippen molar-refractivity contribution in [2.24, 2.45) is 0 Å². The zero-order valence-electron chi connectivity index (χ0n) is 9.75. The molecule has 0 saturated carbocycles. The summed E-state index contributed by atoms with van der Waals surface area (Å²) in [6.45, 7) is 1.83. The summed E-state index contributed by atoms with van der Waals surface area (Å²) in [5.41, 5.74) is 7.74. The molecule has 0 spiro atoms. The van der Waals surface area contributed by atoms with Gasteiger partial charge in [-0.15, -0.1) is 0 Å². The van der Waals surface area contributed by atoms with Crippen LogP contribution in [0, 0.1) is 6.92 Å². The summed E-state index contributed by atoms with van der Waals surface area (Å²) in [6.07, 6.45) is -4.32. The third-order valence-electron chi connectivity index (χ3n) is 2.75. The Morgan fingerprint density at radius 1 is 1.00 bits per heavy atom. The van der Waals surface area contributed by atoms with Crippen molar-refractivity contribution in [2.45, 2.75) is 13.1 Å². The summed E-state index contributed by atoms with van der Waals surface area (Å²) in [6, 6.07) is 10.5. The van der Waals surface area contributed by atoms with Gasteiger partial charge in [0, 0.05) is 5.69 Å². The molecule has 4 heteroatoms. The number of hydrogen-bond acceptors (Lipinski definition) is 1. The first-order chi connectivity index (χ1) is 8.38. The minimum absolute atomic E-state index is 0.544. The predicted molar refractivity (Wildman–Crippen MR) is 66.0 cm³/mol. The minimum Gasteiger partial charge on any atom is -0.399 e. The number of benzene rings is 2. The van der Waals surface area contributed by atoms with Gasteiger partial charge in [-0.05, 0) is 47.9 Å². The molecule has 0 aliphatic heterocycles. The second-order valence-corrected chi connectivity index (χ2v) is 4.15. The Labute approximate surface area is 103 Å². The van der Waals surface area contributed by atoms with Crippen LogP contribution in [0.1, 0.15) is 11.1 Å². The zero-order valence-corrected chi connectivity index (χ0v) is 9.75. The van der Waals surface area contributed by atoms with Gasteiger partial charge in [0.05, 0.1) is 5.56 Å². The van der Waals surface area contributed by atoms with E-state index in [9.17, 15) is 13.2 Å². The highest BCUT2D eigenvalue weighted by molar-refractivity contribution is 5.70. The quantitative estimate of drug-likeness (QED) is 0.753. The van der Waals surface area contributed by atoms with Gasteiger partial charge in [0.2, 0.25) is 0 Å². The van der Waals surface area contributed by atoms with E-state index in [1.54, 1.807) is 24.3 Å². The van der Waals surface area contributed by atoms with E-state index in [1.165, 1.54) is 6.07 Å². The van der Waals surface area contributed by atoms with Crippen LogP contribution in [0.15, 0.2) is 42.5 Å². The highest BCUT2D eigenvalue weighted by atomic mass is 19.4. The number of hydrogen-bond donors (Lipinski definition) is 1. The average Bonchev–Trinajstić information content (AvgIpc) is 2.28. The molecule has 0 unspecified atom stereocenters. The van der Waals surface area contributed by atoms with E-state index in [4.69, 9.17) is 5.73 Å². The summed E-state index contributed by atoms with van der Waals surface area (Å²) in [5, 5.41) is 0. The van der Waals surface area contributed by atoms with E-state index < -0.39 is 11.7 Å². The van der Waals surface area contributed by atoms with Crippen molar-refractivity contribution in [1.82, 2.24) is 0 Å². The lowest BCUT2D eigenvalue weighted by molar-refractivity contribution is -0.137. The molecule has 0 heterocycles. The third-order valence-corrected chi connectivity index (χ3v) is 2.75. The van der Waals surface area contributed by atoms with Crippen LogP contribution in [0.25, 0.3) is 11.1 Å². The van der Waals surface area contributed by atoms with E-state index in [-0.39, 0.29) is 0 Å². The van der Waals surface area contributed by atoms with Crippen molar-refractivity contribution < 1.29 is 13.2 Å². The molecule has 0 radical (unpaired) electrons. The van der Waals surface area contributed by atoms with Gasteiger partial charge in [-0.2, -0.15) is 13.2 Å². The number of alkyl halides is 3. The third kappa shape index (κ3) is 2.47. The topological polar surface area (TPSA) is 26.0 Å². The molecule has 0 fully saturated rings. The number of nitrogen functional groups attached to an aromatic ring is 1. The lowest BCUT2D eigenvalue weighted by Crippen LogP contribution is -2.04. The molecule has 2 rings (SSSR count). The number of halogens is 3. The van der Waals surface area contributed by atoms with E-state index in [2.05, 4.69) is 0 Å². The lowest BCUT2D eigenvalue weighted by atomic mass is 9.98. The van der Waals surface area contributed by atoms with Crippen molar-refractivity contribution in [3.05, 3.63) is 53.6 Å². The van der Waals surface area contributed by atoms with Crippen LogP contribution < -0.4 is 5.73 Å². The fourth-order valence-electron chi connectivity index (χ4n) is 1.87. The molecule has 0 bridgehead atoms. The number of aryl methyl sites for hydroxylation is 1. The summed E-state index contributed by atoms with van der Waals surface area (Å²) < 4.78 is 37.9. The lowest BCUT2D eigenvalue weighted by Gasteiger charge is -2.11.